The molecule has 0 atom stereocenters. The summed E-state index contributed by atoms with van der Waals surface area (Å²) in [6.07, 6.45) is 0. The van der Waals surface area contributed by atoms with E-state index in [4.69, 9.17) is 7.85 Å². The number of aliphatic hydroxyl groups is 1. The van der Waals surface area contributed by atoms with Gasteiger partial charge in [0.15, 0.2) is 0 Å². The molecule has 0 unspecified atom stereocenters. The lowest BCUT2D eigenvalue weighted by Gasteiger charge is -1.71. The molecule has 0 rings (SSSR count). The molecule has 0 bridgehead atoms. The molecule has 2 nitrogen and oxygen atoms in total. The molecule has 26 valence electrons. The first-order valence-corrected chi connectivity index (χ1v) is 0.958. The molecule has 4 heavy (non-hydrogen) atoms. The molecule has 0 heterocycles. The Labute approximate surface area is 28.0 Å². The number of nitrogens with two attached hydrogens (primary N) is 1. The van der Waals surface area contributed by atoms with Gasteiger partial charge in [-0.2, -0.15) is 0 Å². The van der Waals surface area contributed by atoms with Gasteiger partial charge < -0.3 is 10.8 Å². The number of hydrogen-bond donors (Lipinski definition) is 2. The summed E-state index contributed by atoms with van der Waals surface area (Å²) >= 11 is 0. The van der Waals surface area contributed by atoms with E-state index in [0.29, 0.717) is 0 Å². The molecule has 3 N–H and O–H groups in total. The van der Waals surface area contributed by atoms with Gasteiger partial charge in [-0.1, -0.05) is 0 Å². The maximum atomic E-state index is 7.90. The highest BCUT2D eigenvalue weighted by molar-refractivity contribution is 4.17. The Morgan fingerprint density at radius 3 is 2.50 bits per heavy atom. The molecule has 0 amide bonds. The quantitative estimate of drug-likeness (QED) is 0.409. The zero-order valence-electron chi connectivity index (χ0n) is 4.23. The van der Waals surface area contributed by atoms with E-state index in [1.54, 1.807) is 0 Å². The topological polar surface area (TPSA) is 46.2 Å². The molecule has 0 aliphatic carbocycles. The van der Waals surface area contributed by atoms with Crippen LogP contribution in [0, 0.1) is 0 Å². The Morgan fingerprint density at radius 2 is 2.50 bits per heavy atom. The molecule has 0 radical (unpaired) electrons. The Kier molecular flexibility index (Phi) is 1.01. The first kappa shape index (κ1) is 1.38. The van der Waals surface area contributed by atoms with Crippen LogP contribution in [0.15, 0.2) is 0 Å². The highest BCUT2D eigenvalue weighted by Crippen LogP contribution is 1.33. The SMILES string of the molecule is [3H]C([3H])(N)CO. The van der Waals surface area contributed by atoms with E-state index in [-0.39, 0.29) is 0 Å². The van der Waals surface area contributed by atoms with Crippen molar-refractivity contribution in [2.75, 3.05) is 13.1 Å². The van der Waals surface area contributed by atoms with Crippen molar-refractivity contribution >= 4 is 0 Å². The largest absolute Gasteiger partial charge is 0.395 e. The van der Waals surface area contributed by atoms with Gasteiger partial charge in [-0.05, 0) is 0 Å². The lowest BCUT2D eigenvalue weighted by molar-refractivity contribution is 0.306. The van der Waals surface area contributed by atoms with Crippen LogP contribution >= 0.6 is 0 Å². The van der Waals surface area contributed by atoms with Gasteiger partial charge in [-0.15, -0.1) is 0 Å². The lowest BCUT2D eigenvalue weighted by Crippen LogP contribution is -2.02. The van der Waals surface area contributed by atoms with Crippen molar-refractivity contribution in [3.8, 4) is 0 Å². The second-order valence-corrected chi connectivity index (χ2v) is 0.362. The molecule has 0 aromatic rings. The van der Waals surface area contributed by atoms with Crippen LogP contribution in [-0.2, 0) is 0 Å². The number of hydrogen-bond acceptors (Lipinski definition) is 2. The van der Waals surface area contributed by atoms with Crippen molar-refractivity contribution in [3.63, 3.8) is 0 Å². The molecule has 0 aromatic carbocycles. The zero-order chi connectivity index (χ0) is 5.21. The van der Waals surface area contributed by atoms with Crippen LogP contribution < -0.4 is 5.73 Å². The number of rotatable bonds is 1. The third-order valence-electron chi connectivity index (χ3n) is 0.0913. The van der Waals surface area contributed by atoms with Crippen LogP contribution in [0.25, 0.3) is 0 Å². The molecule has 0 saturated carbocycles. The van der Waals surface area contributed by atoms with Crippen molar-refractivity contribution in [1.29, 1.82) is 0 Å². The van der Waals surface area contributed by atoms with Crippen molar-refractivity contribution in [1.82, 2.24) is 0 Å². The van der Waals surface area contributed by atoms with Gasteiger partial charge in [-0.3, -0.25) is 0 Å². The highest BCUT2D eigenvalue weighted by atomic mass is 16.3. The van der Waals surface area contributed by atoms with E-state index in [9.17, 15) is 0 Å². The first-order chi connectivity index (χ1) is 2.56. The third kappa shape index (κ3) is 1.92. The van der Waals surface area contributed by atoms with Crippen LogP contribution in [0.4, 0.5) is 0 Å². The Bertz CT molecular complexity index is 41.3. The maximum Gasteiger partial charge on any atom is 0.0553 e. The van der Waals surface area contributed by atoms with Gasteiger partial charge in [-0.25, -0.2) is 0 Å². The van der Waals surface area contributed by atoms with Crippen LogP contribution in [0.5, 0.6) is 0 Å². The lowest BCUT2D eigenvalue weighted by atomic mass is 10.8. The van der Waals surface area contributed by atoms with E-state index >= 15 is 0 Å². The van der Waals surface area contributed by atoms with E-state index in [1.165, 1.54) is 0 Å². The van der Waals surface area contributed by atoms with E-state index in [2.05, 4.69) is 5.73 Å². The minimum absolute atomic E-state index is 0.618. The summed E-state index contributed by atoms with van der Waals surface area (Å²) in [7, 11) is 0. The second kappa shape index (κ2) is 2.92. The summed E-state index contributed by atoms with van der Waals surface area (Å²) in [6.45, 7) is -2.52. The van der Waals surface area contributed by atoms with Crippen molar-refractivity contribution in [2.45, 2.75) is 0 Å². The molecule has 0 fully saturated rings. The fraction of sp³-hybridized carbons (Fsp3) is 1.00. The molecule has 2 heteroatoms. The Hall–Kier alpha value is -0.0800. The summed E-state index contributed by atoms with van der Waals surface area (Å²) in [4.78, 5) is 0. The standard InChI is InChI=1S/C2H7NO/c3-1-2-4/h4H,1-3H2/i1T2. The fourth-order valence-electron chi connectivity index (χ4n) is 0. The molecular formula is C2H7NO. The minimum atomic E-state index is -1.90. The van der Waals surface area contributed by atoms with E-state index < -0.39 is 13.1 Å². The molecule has 0 aliphatic rings. The van der Waals surface area contributed by atoms with Gasteiger partial charge in [0.05, 0.1) is 6.61 Å². The minimum Gasteiger partial charge on any atom is -0.395 e. The van der Waals surface area contributed by atoms with Crippen molar-refractivity contribution in [3.05, 3.63) is 0 Å². The van der Waals surface area contributed by atoms with E-state index in [1.807, 2.05) is 0 Å². The second-order valence-electron chi connectivity index (χ2n) is 0.362. The predicted molar refractivity (Wildman–Crippen MR) is 16.1 cm³/mol. The summed E-state index contributed by atoms with van der Waals surface area (Å²) in [5.41, 5.74) is 4.62. The Morgan fingerprint density at radius 1 is 2.25 bits per heavy atom. The van der Waals surface area contributed by atoms with Crippen molar-refractivity contribution in [2.24, 2.45) is 5.73 Å². The fourth-order valence-corrected chi connectivity index (χ4v) is 0. The van der Waals surface area contributed by atoms with Gasteiger partial charge in [0, 0.05) is 9.24 Å². The third-order valence-corrected chi connectivity index (χ3v) is 0.0913. The van der Waals surface area contributed by atoms with Gasteiger partial charge in [0.25, 0.3) is 0 Å². The van der Waals surface area contributed by atoms with Crippen molar-refractivity contribution < 1.29 is 7.85 Å². The average molecular weight is 65.1 g/mol. The average Bonchev–Trinajstić information content (AvgIpc) is 1.35. The summed E-state index contributed by atoms with van der Waals surface area (Å²) in [6, 6.07) is 0. The van der Waals surface area contributed by atoms with Crippen LogP contribution in [-0.4, -0.2) is 18.2 Å². The molecule has 0 aliphatic heterocycles. The predicted octanol–water partition coefficient (Wildman–Crippen LogP) is -1.06. The van der Waals surface area contributed by atoms with Gasteiger partial charge >= 0.3 is 0 Å². The first-order valence-electron chi connectivity index (χ1n) is 1.96. The zero-order valence-corrected chi connectivity index (χ0v) is 2.23. The molecule has 0 aromatic heterocycles. The summed E-state index contributed by atoms with van der Waals surface area (Å²) in [5.74, 6) is 0. The van der Waals surface area contributed by atoms with Gasteiger partial charge in [0.2, 0.25) is 0 Å². The number of aliphatic hydroxyl groups excluding tert-OH is 1. The monoisotopic (exact) mass is 65.1 g/mol. The van der Waals surface area contributed by atoms with Crippen LogP contribution in [0.1, 0.15) is 2.74 Å². The molecule has 0 saturated heterocycles. The van der Waals surface area contributed by atoms with Crippen LogP contribution in [0.3, 0.4) is 0 Å². The van der Waals surface area contributed by atoms with Crippen LogP contribution in [0.2, 0.25) is 0 Å². The smallest absolute Gasteiger partial charge is 0.0553 e. The normalized spacial score (nSPS) is 18.5. The van der Waals surface area contributed by atoms with E-state index in [0.717, 1.165) is 0 Å². The molecule has 0 spiro atoms. The Balaban J connectivity index is 3.17. The summed E-state index contributed by atoms with van der Waals surface area (Å²) < 4.78 is 12.8. The summed E-state index contributed by atoms with van der Waals surface area (Å²) in [5, 5.41) is 7.90. The highest BCUT2D eigenvalue weighted by Gasteiger charge is 1.56. The molecular weight excluding hydrogens is 54.0 g/mol. The maximum absolute atomic E-state index is 7.90. The van der Waals surface area contributed by atoms with Gasteiger partial charge in [0.1, 0.15) is 0 Å².